The van der Waals surface area contributed by atoms with E-state index in [4.69, 9.17) is 28.9 Å². The normalized spacial score (nSPS) is 12.9. The first-order valence-corrected chi connectivity index (χ1v) is 7.22. The van der Waals surface area contributed by atoms with Crippen molar-refractivity contribution in [3.05, 3.63) is 51.5 Å². The van der Waals surface area contributed by atoms with Gasteiger partial charge in [-0.1, -0.05) is 35.3 Å². The summed E-state index contributed by atoms with van der Waals surface area (Å²) < 4.78 is 15.3. The van der Waals surface area contributed by atoms with Crippen LogP contribution in [0.2, 0.25) is 10.0 Å². The Balaban J connectivity index is 2.36. The summed E-state index contributed by atoms with van der Waals surface area (Å²) in [6, 6.07) is 3.93. The van der Waals surface area contributed by atoms with Crippen LogP contribution < -0.4 is 5.73 Å². The van der Waals surface area contributed by atoms with Crippen molar-refractivity contribution >= 4 is 23.2 Å². The number of halogens is 3. The number of hydrogen-bond acceptors (Lipinski definition) is 3. The lowest BCUT2D eigenvalue weighted by molar-refractivity contribution is 0.368. The van der Waals surface area contributed by atoms with Gasteiger partial charge in [-0.3, -0.25) is 4.68 Å². The van der Waals surface area contributed by atoms with E-state index in [0.717, 1.165) is 6.54 Å². The number of rotatable bonds is 5. The molecule has 0 bridgehead atoms. The second kappa shape index (κ2) is 6.75. The van der Waals surface area contributed by atoms with Crippen molar-refractivity contribution in [3.8, 4) is 0 Å². The summed E-state index contributed by atoms with van der Waals surface area (Å²) in [7, 11) is 3.93. The highest BCUT2D eigenvalue weighted by Gasteiger charge is 2.22. The van der Waals surface area contributed by atoms with E-state index in [1.165, 1.54) is 6.07 Å². The minimum Gasteiger partial charge on any atom is -0.319 e. The quantitative estimate of drug-likeness (QED) is 0.916. The molecule has 1 aromatic carbocycles. The maximum absolute atomic E-state index is 13.6. The van der Waals surface area contributed by atoms with Gasteiger partial charge in [0.25, 0.3) is 0 Å². The van der Waals surface area contributed by atoms with E-state index in [2.05, 4.69) is 5.10 Å². The maximum Gasteiger partial charge on any atom is 0.142 e. The minimum atomic E-state index is -0.634. The number of hydrogen-bond donors (Lipinski definition) is 1. The summed E-state index contributed by atoms with van der Waals surface area (Å²) in [5, 5.41) is 4.69. The molecule has 0 saturated carbocycles. The molecular weight excluding hydrogens is 314 g/mol. The number of aromatic nitrogens is 2. The van der Waals surface area contributed by atoms with Crippen molar-refractivity contribution < 1.29 is 4.39 Å². The Morgan fingerprint density at radius 2 is 2.10 bits per heavy atom. The molecule has 0 aliphatic carbocycles. The van der Waals surface area contributed by atoms with E-state index in [-0.39, 0.29) is 5.02 Å². The number of benzene rings is 1. The van der Waals surface area contributed by atoms with Crippen molar-refractivity contribution in [2.45, 2.75) is 12.6 Å². The molecule has 21 heavy (non-hydrogen) atoms. The molecule has 0 spiro atoms. The summed E-state index contributed by atoms with van der Waals surface area (Å²) in [6.07, 6.45) is 1.54. The van der Waals surface area contributed by atoms with Crippen LogP contribution in [0.5, 0.6) is 0 Å². The fourth-order valence-corrected chi connectivity index (χ4v) is 2.56. The highest BCUT2D eigenvalue weighted by molar-refractivity contribution is 6.32. The van der Waals surface area contributed by atoms with E-state index in [9.17, 15) is 4.39 Å². The average molecular weight is 331 g/mol. The van der Waals surface area contributed by atoms with Crippen LogP contribution in [-0.2, 0) is 6.54 Å². The summed E-state index contributed by atoms with van der Waals surface area (Å²) >= 11 is 12.2. The Morgan fingerprint density at radius 1 is 1.38 bits per heavy atom. The number of likely N-dealkylation sites (N-methyl/N-ethyl adjacent to an activating group) is 1. The van der Waals surface area contributed by atoms with Crippen LogP contribution in [0.15, 0.2) is 24.4 Å². The highest BCUT2D eigenvalue weighted by atomic mass is 35.5. The molecular formula is C14H17Cl2FN4. The number of nitrogens with two attached hydrogens (primary N) is 1. The molecule has 7 heteroatoms. The van der Waals surface area contributed by atoms with E-state index < -0.39 is 11.9 Å². The van der Waals surface area contributed by atoms with E-state index >= 15 is 0 Å². The van der Waals surface area contributed by atoms with Crippen LogP contribution in [0.1, 0.15) is 17.3 Å². The van der Waals surface area contributed by atoms with Gasteiger partial charge in [-0.15, -0.1) is 0 Å². The lowest BCUT2D eigenvalue weighted by Gasteiger charge is -2.18. The first kappa shape index (κ1) is 16.2. The van der Waals surface area contributed by atoms with Gasteiger partial charge in [-0.2, -0.15) is 5.10 Å². The molecule has 1 atom stereocenters. The number of nitrogens with zero attached hydrogens (tertiary/aromatic N) is 3. The smallest absolute Gasteiger partial charge is 0.142 e. The molecule has 114 valence electrons. The molecule has 1 unspecified atom stereocenters. The van der Waals surface area contributed by atoms with Crippen molar-refractivity contribution in [3.63, 3.8) is 0 Å². The minimum absolute atomic E-state index is 0.0152. The van der Waals surface area contributed by atoms with E-state index in [1.54, 1.807) is 23.0 Å². The Bertz CT molecular complexity index is 627. The molecule has 2 rings (SSSR count). The van der Waals surface area contributed by atoms with Crippen molar-refractivity contribution in [1.82, 2.24) is 14.7 Å². The van der Waals surface area contributed by atoms with Gasteiger partial charge in [0.2, 0.25) is 0 Å². The summed E-state index contributed by atoms with van der Waals surface area (Å²) in [5.41, 5.74) is 7.35. The van der Waals surface area contributed by atoms with Crippen LogP contribution in [0.4, 0.5) is 4.39 Å². The predicted octanol–water partition coefficient (Wildman–Crippen LogP) is 2.94. The summed E-state index contributed by atoms with van der Waals surface area (Å²) in [4.78, 5) is 2.03. The molecule has 0 saturated heterocycles. The van der Waals surface area contributed by atoms with Gasteiger partial charge in [-0.05, 0) is 25.7 Å². The van der Waals surface area contributed by atoms with Gasteiger partial charge < -0.3 is 10.6 Å². The lowest BCUT2D eigenvalue weighted by atomic mass is 10.0. The molecule has 1 heterocycles. The highest BCUT2D eigenvalue weighted by Crippen LogP contribution is 2.31. The first-order chi connectivity index (χ1) is 9.91. The standard InChI is InChI=1S/C14H17Cl2FN4/c1-20(2)6-7-21-14(10(15)8-19-21)13(18)9-4-3-5-11(17)12(9)16/h3-5,8,13H,6-7,18H2,1-2H3. The van der Waals surface area contributed by atoms with Crippen LogP contribution >= 0.6 is 23.2 Å². The Kier molecular flexibility index (Phi) is 5.22. The zero-order valence-corrected chi connectivity index (χ0v) is 13.4. The van der Waals surface area contributed by atoms with E-state index in [1.807, 2.05) is 19.0 Å². The predicted molar refractivity (Wildman–Crippen MR) is 83.2 cm³/mol. The van der Waals surface area contributed by atoms with Gasteiger partial charge in [-0.25, -0.2) is 4.39 Å². The summed E-state index contributed by atoms with van der Waals surface area (Å²) in [6.45, 7) is 1.42. The monoisotopic (exact) mass is 330 g/mol. The molecule has 4 nitrogen and oxygen atoms in total. The first-order valence-electron chi connectivity index (χ1n) is 6.47. The van der Waals surface area contributed by atoms with Crippen molar-refractivity contribution in [1.29, 1.82) is 0 Å². The molecule has 0 aliphatic rings. The molecule has 1 aromatic heterocycles. The van der Waals surface area contributed by atoms with Crippen LogP contribution in [0.25, 0.3) is 0 Å². The van der Waals surface area contributed by atoms with Gasteiger partial charge >= 0.3 is 0 Å². The lowest BCUT2D eigenvalue weighted by Crippen LogP contribution is -2.23. The van der Waals surface area contributed by atoms with Crippen molar-refractivity contribution in [2.24, 2.45) is 5.73 Å². The zero-order valence-electron chi connectivity index (χ0n) is 11.9. The third kappa shape index (κ3) is 3.55. The third-order valence-electron chi connectivity index (χ3n) is 3.20. The molecule has 2 aromatic rings. The Labute approximate surface area is 133 Å². The SMILES string of the molecule is CN(C)CCn1ncc(Cl)c1C(N)c1cccc(F)c1Cl. The topological polar surface area (TPSA) is 47.1 Å². The average Bonchev–Trinajstić information content (AvgIpc) is 2.80. The van der Waals surface area contributed by atoms with E-state index in [0.29, 0.717) is 22.8 Å². The third-order valence-corrected chi connectivity index (χ3v) is 3.89. The van der Waals surface area contributed by atoms with Gasteiger partial charge in [0, 0.05) is 6.54 Å². The Morgan fingerprint density at radius 3 is 2.76 bits per heavy atom. The maximum atomic E-state index is 13.6. The fourth-order valence-electron chi connectivity index (χ4n) is 2.06. The largest absolute Gasteiger partial charge is 0.319 e. The van der Waals surface area contributed by atoms with Crippen LogP contribution in [-0.4, -0.2) is 35.3 Å². The zero-order chi connectivity index (χ0) is 15.6. The second-order valence-corrected chi connectivity index (χ2v) is 5.81. The van der Waals surface area contributed by atoms with Crippen molar-refractivity contribution in [2.75, 3.05) is 20.6 Å². The van der Waals surface area contributed by atoms with Crippen LogP contribution in [0.3, 0.4) is 0 Å². The second-order valence-electron chi connectivity index (χ2n) is 5.02. The summed E-state index contributed by atoms with van der Waals surface area (Å²) in [5.74, 6) is -0.500. The molecule has 2 N–H and O–H groups in total. The van der Waals surface area contributed by atoms with Gasteiger partial charge in [0.15, 0.2) is 0 Å². The molecule has 0 amide bonds. The van der Waals surface area contributed by atoms with Crippen LogP contribution in [0, 0.1) is 5.82 Å². The molecule has 0 aliphatic heterocycles. The molecule has 0 fully saturated rings. The van der Waals surface area contributed by atoms with Gasteiger partial charge in [0.1, 0.15) is 5.82 Å². The Hall–Kier alpha value is -1.14. The fraction of sp³-hybridized carbons (Fsp3) is 0.357. The molecule has 0 radical (unpaired) electrons. The van der Waals surface area contributed by atoms with Gasteiger partial charge in [0.05, 0.1) is 34.5 Å².